The lowest BCUT2D eigenvalue weighted by atomic mass is 10.4. The van der Waals surface area contributed by atoms with Crippen LogP contribution in [0.15, 0.2) is 0 Å². The Labute approximate surface area is 85.3 Å². The second-order valence-corrected chi connectivity index (χ2v) is 2.60. The highest BCUT2D eigenvalue weighted by Crippen LogP contribution is 1.99. The fourth-order valence-corrected chi connectivity index (χ4v) is 0.870. The van der Waals surface area contributed by atoms with E-state index in [1.54, 1.807) is 0 Å². The third kappa shape index (κ3) is 3.73. The van der Waals surface area contributed by atoms with Crippen LogP contribution in [0.4, 0.5) is 11.9 Å². The number of anilines is 2. The molecule has 8 nitrogen and oxygen atoms in total. The number of nitrogens with zero attached hydrogens (tertiary/aromatic N) is 3. The minimum atomic E-state index is -0.704. The Hall–Kier alpha value is -1.96. The van der Waals surface area contributed by atoms with Crippen LogP contribution >= 0.6 is 0 Å². The molecule has 15 heavy (non-hydrogen) atoms. The summed E-state index contributed by atoms with van der Waals surface area (Å²) in [6.07, 6.45) is 0.267. The van der Waals surface area contributed by atoms with E-state index in [1.165, 1.54) is 0 Å². The quantitative estimate of drug-likeness (QED) is 0.494. The molecule has 0 saturated heterocycles. The van der Waals surface area contributed by atoms with Crippen molar-refractivity contribution in [3.63, 3.8) is 0 Å². The topological polar surface area (TPSA) is 137 Å². The van der Waals surface area contributed by atoms with Crippen molar-refractivity contribution < 1.29 is 14.6 Å². The molecule has 1 aromatic heterocycles. The number of aromatic nitrogens is 3. The highest BCUT2D eigenvalue weighted by Gasteiger charge is 2.04. The zero-order chi connectivity index (χ0) is 11.3. The molecule has 0 saturated carbocycles. The van der Waals surface area contributed by atoms with Gasteiger partial charge in [-0.25, -0.2) is 4.79 Å². The first kappa shape index (κ1) is 11.1. The lowest BCUT2D eigenvalue weighted by Crippen LogP contribution is -2.13. The average Bonchev–Trinajstić information content (AvgIpc) is 2.16. The van der Waals surface area contributed by atoms with E-state index in [0.29, 0.717) is 5.82 Å². The van der Waals surface area contributed by atoms with E-state index in [1.807, 2.05) is 0 Å². The van der Waals surface area contributed by atoms with E-state index in [4.69, 9.17) is 16.6 Å². The van der Waals surface area contributed by atoms with Crippen molar-refractivity contribution in [3.05, 3.63) is 5.82 Å². The number of rotatable bonds is 4. The zero-order valence-electron chi connectivity index (χ0n) is 7.88. The predicted molar refractivity (Wildman–Crippen MR) is 50.4 cm³/mol. The van der Waals surface area contributed by atoms with Gasteiger partial charge in [-0.05, 0) is 0 Å². The maximum absolute atomic E-state index is 10.6. The summed E-state index contributed by atoms with van der Waals surface area (Å²) < 4.78 is 4.60. The Morgan fingerprint density at radius 3 is 2.40 bits per heavy atom. The number of esters is 1. The molecule has 0 radical (unpaired) electrons. The van der Waals surface area contributed by atoms with Gasteiger partial charge in [0.2, 0.25) is 11.9 Å². The lowest BCUT2D eigenvalue weighted by molar-refractivity contribution is -0.146. The molecule has 0 amide bonds. The number of nitrogens with two attached hydrogens (primary N) is 2. The van der Waals surface area contributed by atoms with Crippen molar-refractivity contribution in [2.24, 2.45) is 0 Å². The summed E-state index contributed by atoms with van der Waals surface area (Å²) in [6.45, 7) is -0.593. The van der Waals surface area contributed by atoms with Gasteiger partial charge in [0.25, 0.3) is 0 Å². The number of carbonyl (C=O) groups excluding carboxylic acids is 1. The predicted octanol–water partition coefficient (Wildman–Crippen LogP) is -1.89. The molecule has 0 atom stereocenters. The molecular weight excluding hydrogens is 202 g/mol. The largest absolute Gasteiger partial charge is 0.464 e. The summed E-state index contributed by atoms with van der Waals surface area (Å²) in [6, 6.07) is 0. The van der Waals surface area contributed by atoms with Crippen LogP contribution in [0.2, 0.25) is 0 Å². The number of hydrogen-bond acceptors (Lipinski definition) is 8. The van der Waals surface area contributed by atoms with E-state index < -0.39 is 12.6 Å². The standard InChI is InChI=1S/C7H11N5O3/c8-6-10-4(11-7(9)12-6)1-2-15-5(14)3-13/h13H,1-3H2,(H4,8,9,10,11,12). The highest BCUT2D eigenvalue weighted by molar-refractivity contribution is 5.70. The van der Waals surface area contributed by atoms with Crippen molar-refractivity contribution in [1.82, 2.24) is 15.0 Å². The molecule has 0 spiro atoms. The Kier molecular flexibility index (Phi) is 3.75. The van der Waals surface area contributed by atoms with Gasteiger partial charge in [0.1, 0.15) is 12.4 Å². The van der Waals surface area contributed by atoms with Crippen molar-refractivity contribution >= 4 is 17.9 Å². The SMILES string of the molecule is Nc1nc(N)nc(CCOC(=O)CO)n1. The Balaban J connectivity index is 2.47. The summed E-state index contributed by atoms with van der Waals surface area (Å²) in [4.78, 5) is 21.7. The van der Waals surface area contributed by atoms with Crippen LogP contribution < -0.4 is 11.5 Å². The van der Waals surface area contributed by atoms with Crippen LogP contribution in [0, 0.1) is 0 Å². The summed E-state index contributed by atoms with van der Waals surface area (Å²) >= 11 is 0. The first-order chi connectivity index (χ1) is 7.11. The van der Waals surface area contributed by atoms with E-state index in [-0.39, 0.29) is 24.9 Å². The smallest absolute Gasteiger partial charge is 0.331 e. The second kappa shape index (κ2) is 5.05. The molecule has 5 N–H and O–H groups in total. The van der Waals surface area contributed by atoms with Gasteiger partial charge in [0.05, 0.1) is 6.61 Å². The molecule has 0 aromatic carbocycles. The van der Waals surface area contributed by atoms with E-state index in [9.17, 15) is 4.79 Å². The van der Waals surface area contributed by atoms with Crippen LogP contribution in [0.5, 0.6) is 0 Å². The van der Waals surface area contributed by atoms with Gasteiger partial charge in [-0.2, -0.15) is 15.0 Å². The van der Waals surface area contributed by atoms with Gasteiger partial charge in [-0.1, -0.05) is 0 Å². The lowest BCUT2D eigenvalue weighted by Gasteiger charge is -2.03. The number of aliphatic hydroxyl groups excluding tert-OH is 1. The first-order valence-electron chi connectivity index (χ1n) is 4.14. The number of hydrogen-bond donors (Lipinski definition) is 3. The summed E-state index contributed by atoms with van der Waals surface area (Å²) in [5.74, 6) is -0.326. The molecule has 0 aliphatic rings. The zero-order valence-corrected chi connectivity index (χ0v) is 7.88. The third-order valence-corrected chi connectivity index (χ3v) is 1.43. The van der Waals surface area contributed by atoms with Gasteiger partial charge in [-0.3, -0.25) is 0 Å². The van der Waals surface area contributed by atoms with Gasteiger partial charge < -0.3 is 21.3 Å². The van der Waals surface area contributed by atoms with Crippen LogP contribution in [0.25, 0.3) is 0 Å². The minimum absolute atomic E-state index is 0.0194. The molecule has 0 fully saturated rings. The van der Waals surface area contributed by atoms with E-state index in [2.05, 4.69) is 19.7 Å². The van der Waals surface area contributed by atoms with Crippen LogP contribution in [-0.2, 0) is 16.0 Å². The van der Waals surface area contributed by atoms with Gasteiger partial charge in [0, 0.05) is 6.42 Å². The fraction of sp³-hybridized carbons (Fsp3) is 0.429. The average molecular weight is 213 g/mol. The van der Waals surface area contributed by atoms with E-state index >= 15 is 0 Å². The third-order valence-electron chi connectivity index (χ3n) is 1.43. The maximum atomic E-state index is 10.6. The summed E-state index contributed by atoms with van der Waals surface area (Å²) in [7, 11) is 0. The Bertz CT molecular complexity index is 336. The van der Waals surface area contributed by atoms with Gasteiger partial charge in [-0.15, -0.1) is 0 Å². The van der Waals surface area contributed by atoms with Crippen LogP contribution in [0.1, 0.15) is 5.82 Å². The van der Waals surface area contributed by atoms with Crippen LogP contribution in [-0.4, -0.2) is 39.2 Å². The van der Waals surface area contributed by atoms with Crippen molar-refractivity contribution in [2.45, 2.75) is 6.42 Å². The molecular formula is C7H11N5O3. The number of carbonyl (C=O) groups is 1. The van der Waals surface area contributed by atoms with E-state index in [0.717, 1.165) is 0 Å². The normalized spacial score (nSPS) is 9.93. The summed E-state index contributed by atoms with van der Waals surface area (Å²) in [5.41, 5.74) is 10.7. The number of nitrogen functional groups attached to an aromatic ring is 2. The molecule has 1 aromatic rings. The summed E-state index contributed by atoms with van der Waals surface area (Å²) in [5, 5.41) is 8.36. The number of ether oxygens (including phenoxy) is 1. The molecule has 82 valence electrons. The first-order valence-corrected chi connectivity index (χ1v) is 4.14. The Morgan fingerprint density at radius 1 is 1.27 bits per heavy atom. The molecule has 0 aliphatic heterocycles. The van der Waals surface area contributed by atoms with Gasteiger partial charge >= 0.3 is 5.97 Å². The van der Waals surface area contributed by atoms with Crippen molar-refractivity contribution in [2.75, 3.05) is 24.7 Å². The molecule has 1 heterocycles. The molecule has 0 unspecified atom stereocenters. The van der Waals surface area contributed by atoms with Crippen molar-refractivity contribution in [3.8, 4) is 0 Å². The Morgan fingerprint density at radius 2 is 1.87 bits per heavy atom. The van der Waals surface area contributed by atoms with Gasteiger partial charge in [0.15, 0.2) is 0 Å². The highest BCUT2D eigenvalue weighted by atomic mass is 16.5. The minimum Gasteiger partial charge on any atom is -0.464 e. The molecule has 0 aliphatic carbocycles. The molecule has 0 bridgehead atoms. The van der Waals surface area contributed by atoms with Crippen molar-refractivity contribution in [1.29, 1.82) is 0 Å². The monoisotopic (exact) mass is 213 g/mol. The second-order valence-electron chi connectivity index (χ2n) is 2.60. The van der Waals surface area contributed by atoms with Crippen LogP contribution in [0.3, 0.4) is 0 Å². The maximum Gasteiger partial charge on any atom is 0.331 e. The fourth-order valence-electron chi connectivity index (χ4n) is 0.870. The molecule has 1 rings (SSSR count). The molecule has 8 heteroatoms. The number of aliphatic hydroxyl groups is 1.